The first kappa shape index (κ1) is 12.6. The molecule has 5 heteroatoms. The van der Waals surface area contributed by atoms with Gasteiger partial charge in [-0.1, -0.05) is 42.5 Å². The van der Waals surface area contributed by atoms with Crippen molar-refractivity contribution in [1.82, 2.24) is 9.97 Å². The molecule has 0 unspecified atom stereocenters. The van der Waals surface area contributed by atoms with Gasteiger partial charge in [-0.2, -0.15) is 10.1 Å². The molecule has 0 saturated heterocycles. The molecule has 1 aromatic heterocycles. The van der Waals surface area contributed by atoms with Gasteiger partial charge in [0.15, 0.2) is 5.82 Å². The highest BCUT2D eigenvalue weighted by molar-refractivity contribution is 6.28. The molecule has 3 rings (SSSR count). The molecular weight excluding hydrogens is 272 g/mol. The number of fused-ring (bicyclic) bond motifs is 1. The van der Waals surface area contributed by atoms with E-state index >= 15 is 0 Å². The van der Waals surface area contributed by atoms with Crippen molar-refractivity contribution >= 4 is 34.5 Å². The molecule has 0 saturated carbocycles. The zero-order valence-corrected chi connectivity index (χ0v) is 11.2. The summed E-state index contributed by atoms with van der Waals surface area (Å²) in [6, 6.07) is 17.4. The van der Waals surface area contributed by atoms with Gasteiger partial charge in [-0.05, 0) is 29.3 Å². The summed E-state index contributed by atoms with van der Waals surface area (Å²) in [7, 11) is 0. The van der Waals surface area contributed by atoms with Crippen molar-refractivity contribution in [3.05, 3.63) is 65.4 Å². The van der Waals surface area contributed by atoms with E-state index in [0.717, 1.165) is 16.5 Å². The van der Waals surface area contributed by atoms with Crippen LogP contribution < -0.4 is 5.43 Å². The lowest BCUT2D eigenvalue weighted by Crippen LogP contribution is -1.97. The number of anilines is 1. The van der Waals surface area contributed by atoms with E-state index in [1.807, 2.05) is 54.6 Å². The van der Waals surface area contributed by atoms with Gasteiger partial charge < -0.3 is 0 Å². The van der Waals surface area contributed by atoms with E-state index in [-0.39, 0.29) is 5.28 Å². The highest BCUT2D eigenvalue weighted by Crippen LogP contribution is 2.21. The van der Waals surface area contributed by atoms with Crippen LogP contribution in [0.1, 0.15) is 5.56 Å². The van der Waals surface area contributed by atoms with E-state index in [4.69, 9.17) is 11.6 Å². The summed E-state index contributed by atoms with van der Waals surface area (Å²) in [4.78, 5) is 8.33. The third-order valence-corrected chi connectivity index (χ3v) is 2.93. The molecule has 0 aliphatic carbocycles. The minimum Gasteiger partial charge on any atom is -0.261 e. The predicted molar refractivity (Wildman–Crippen MR) is 82.2 cm³/mol. The summed E-state index contributed by atoms with van der Waals surface area (Å²) in [5.74, 6) is 0.591. The van der Waals surface area contributed by atoms with Gasteiger partial charge in [-0.3, -0.25) is 5.43 Å². The van der Waals surface area contributed by atoms with Gasteiger partial charge in [-0.15, -0.1) is 0 Å². The first-order valence-corrected chi connectivity index (χ1v) is 6.47. The van der Waals surface area contributed by atoms with Crippen LogP contribution in [-0.4, -0.2) is 16.2 Å². The summed E-state index contributed by atoms with van der Waals surface area (Å²) < 4.78 is 0. The third-order valence-electron chi connectivity index (χ3n) is 2.76. The van der Waals surface area contributed by atoms with Gasteiger partial charge in [0.1, 0.15) is 0 Å². The third kappa shape index (κ3) is 2.75. The van der Waals surface area contributed by atoms with Gasteiger partial charge in [-0.25, -0.2) is 4.98 Å². The Kier molecular flexibility index (Phi) is 3.56. The summed E-state index contributed by atoms with van der Waals surface area (Å²) in [5.41, 5.74) is 4.70. The van der Waals surface area contributed by atoms with Crippen molar-refractivity contribution in [1.29, 1.82) is 0 Å². The van der Waals surface area contributed by atoms with Crippen LogP contribution in [0.25, 0.3) is 10.9 Å². The molecule has 4 nitrogen and oxygen atoms in total. The Morgan fingerprint density at radius 2 is 1.70 bits per heavy atom. The number of nitrogens with zero attached hydrogens (tertiary/aromatic N) is 3. The molecule has 98 valence electrons. The van der Waals surface area contributed by atoms with Gasteiger partial charge in [0.25, 0.3) is 0 Å². The number of hydrogen-bond acceptors (Lipinski definition) is 4. The number of nitrogens with one attached hydrogen (secondary N) is 1. The van der Waals surface area contributed by atoms with Crippen molar-refractivity contribution in [3.63, 3.8) is 0 Å². The van der Waals surface area contributed by atoms with Crippen LogP contribution in [-0.2, 0) is 0 Å². The molecule has 0 bridgehead atoms. The monoisotopic (exact) mass is 282 g/mol. The molecule has 0 atom stereocenters. The quantitative estimate of drug-likeness (QED) is 0.452. The van der Waals surface area contributed by atoms with Crippen molar-refractivity contribution in [3.8, 4) is 0 Å². The van der Waals surface area contributed by atoms with Gasteiger partial charge in [0, 0.05) is 5.39 Å². The van der Waals surface area contributed by atoms with E-state index in [1.165, 1.54) is 0 Å². The number of hydrogen-bond donors (Lipinski definition) is 1. The molecular formula is C15H11ClN4. The Bertz CT molecular complexity index is 756. The fourth-order valence-electron chi connectivity index (χ4n) is 1.84. The number of halogens is 1. The summed E-state index contributed by atoms with van der Waals surface area (Å²) in [6.07, 6.45) is 1.73. The van der Waals surface area contributed by atoms with E-state index in [1.54, 1.807) is 6.21 Å². The second-order valence-corrected chi connectivity index (χ2v) is 4.48. The smallest absolute Gasteiger partial charge is 0.224 e. The van der Waals surface area contributed by atoms with Crippen LogP contribution in [0.15, 0.2) is 59.7 Å². The maximum Gasteiger partial charge on any atom is 0.224 e. The van der Waals surface area contributed by atoms with E-state index in [0.29, 0.717) is 5.82 Å². The predicted octanol–water partition coefficient (Wildman–Crippen LogP) is 3.73. The summed E-state index contributed by atoms with van der Waals surface area (Å²) in [5, 5.41) is 5.25. The molecule has 0 fully saturated rings. The van der Waals surface area contributed by atoms with Crippen LogP contribution in [0, 0.1) is 0 Å². The van der Waals surface area contributed by atoms with Crippen molar-refractivity contribution in [2.45, 2.75) is 0 Å². The molecule has 20 heavy (non-hydrogen) atoms. The number of hydrazone groups is 1. The molecule has 1 heterocycles. The van der Waals surface area contributed by atoms with Crippen LogP contribution in [0.2, 0.25) is 5.28 Å². The molecule has 2 aromatic carbocycles. The Labute approximate surface area is 121 Å². The van der Waals surface area contributed by atoms with E-state index in [2.05, 4.69) is 20.5 Å². The van der Waals surface area contributed by atoms with Crippen LogP contribution in [0.4, 0.5) is 5.82 Å². The number of benzene rings is 2. The number of para-hydroxylation sites is 1. The molecule has 1 N–H and O–H groups in total. The molecule has 0 radical (unpaired) electrons. The maximum absolute atomic E-state index is 5.91. The van der Waals surface area contributed by atoms with Crippen molar-refractivity contribution in [2.24, 2.45) is 5.10 Å². The highest BCUT2D eigenvalue weighted by Gasteiger charge is 2.04. The minimum absolute atomic E-state index is 0.195. The Morgan fingerprint density at radius 3 is 2.55 bits per heavy atom. The highest BCUT2D eigenvalue weighted by atomic mass is 35.5. The first-order chi connectivity index (χ1) is 9.83. The second-order valence-electron chi connectivity index (χ2n) is 4.14. The lowest BCUT2D eigenvalue weighted by Gasteiger charge is -2.04. The Hall–Kier alpha value is -2.46. The van der Waals surface area contributed by atoms with Crippen molar-refractivity contribution < 1.29 is 0 Å². The maximum atomic E-state index is 5.91. The summed E-state index contributed by atoms with van der Waals surface area (Å²) >= 11 is 5.91. The summed E-state index contributed by atoms with van der Waals surface area (Å²) in [6.45, 7) is 0. The zero-order chi connectivity index (χ0) is 13.8. The molecule has 0 aliphatic rings. The standard InChI is InChI=1S/C15H11ClN4/c16-15-18-13-9-5-4-8-12(13)14(19-15)20-17-10-11-6-2-1-3-7-11/h1-10H,(H,18,19,20). The topological polar surface area (TPSA) is 50.2 Å². The fourth-order valence-corrected chi connectivity index (χ4v) is 2.02. The van der Waals surface area contributed by atoms with Gasteiger partial charge in [0.05, 0.1) is 11.7 Å². The molecule has 0 amide bonds. The van der Waals surface area contributed by atoms with Crippen LogP contribution >= 0.6 is 11.6 Å². The molecule has 0 spiro atoms. The second kappa shape index (κ2) is 5.67. The van der Waals surface area contributed by atoms with Crippen LogP contribution in [0.5, 0.6) is 0 Å². The largest absolute Gasteiger partial charge is 0.261 e. The average molecular weight is 283 g/mol. The van der Waals surface area contributed by atoms with E-state index < -0.39 is 0 Å². The molecule has 0 aliphatic heterocycles. The zero-order valence-electron chi connectivity index (χ0n) is 10.5. The fraction of sp³-hybridized carbons (Fsp3) is 0. The molecule has 3 aromatic rings. The normalized spacial score (nSPS) is 11.1. The van der Waals surface area contributed by atoms with Crippen LogP contribution in [0.3, 0.4) is 0 Å². The number of rotatable bonds is 3. The minimum atomic E-state index is 0.195. The van der Waals surface area contributed by atoms with Gasteiger partial charge >= 0.3 is 0 Å². The average Bonchev–Trinajstić information content (AvgIpc) is 2.48. The SMILES string of the molecule is Clc1nc(NN=Cc2ccccc2)c2ccccc2n1. The Balaban J connectivity index is 1.89. The first-order valence-electron chi connectivity index (χ1n) is 6.09. The lowest BCUT2D eigenvalue weighted by molar-refractivity contribution is 1.18. The Morgan fingerprint density at radius 1 is 0.950 bits per heavy atom. The van der Waals surface area contributed by atoms with Gasteiger partial charge in [0.2, 0.25) is 5.28 Å². The van der Waals surface area contributed by atoms with Crippen molar-refractivity contribution in [2.75, 3.05) is 5.43 Å². The number of aromatic nitrogens is 2. The lowest BCUT2D eigenvalue weighted by atomic mass is 10.2. The van der Waals surface area contributed by atoms with E-state index in [9.17, 15) is 0 Å².